The molecule has 3 heteroatoms. The second-order valence-corrected chi connectivity index (χ2v) is 6.71. The summed E-state index contributed by atoms with van der Waals surface area (Å²) in [5.74, 6) is 1.78. The van der Waals surface area contributed by atoms with Crippen LogP contribution < -0.4 is 5.32 Å². The van der Waals surface area contributed by atoms with Crippen LogP contribution in [0.2, 0.25) is 0 Å². The molecule has 0 saturated heterocycles. The van der Waals surface area contributed by atoms with Crippen molar-refractivity contribution in [3.63, 3.8) is 0 Å². The number of thiophene rings is 1. The van der Waals surface area contributed by atoms with Crippen molar-refractivity contribution in [2.45, 2.75) is 32.1 Å². The van der Waals surface area contributed by atoms with E-state index in [9.17, 15) is 0 Å². The Labute approximate surface area is 111 Å². The monoisotopic (exact) mass is 301 g/mol. The molecule has 1 atom stereocenters. The van der Waals surface area contributed by atoms with Crippen molar-refractivity contribution in [2.75, 3.05) is 13.6 Å². The maximum absolute atomic E-state index is 3.54. The Balaban J connectivity index is 1.96. The maximum atomic E-state index is 3.54. The van der Waals surface area contributed by atoms with E-state index in [4.69, 9.17) is 0 Å². The standard InChI is InChI=1S/C13H20BrNS/c1-15-8-11(10-4-2-3-5-10)6-13-7-12(14)9-16-13/h7,9-11,15H,2-6,8H2,1H3. The first-order valence-corrected chi connectivity index (χ1v) is 7.84. The average molecular weight is 302 g/mol. The van der Waals surface area contributed by atoms with Gasteiger partial charge in [-0.25, -0.2) is 0 Å². The van der Waals surface area contributed by atoms with Crippen LogP contribution in [-0.4, -0.2) is 13.6 Å². The Bertz CT molecular complexity index is 317. The normalized spacial score (nSPS) is 19.1. The molecule has 1 aromatic heterocycles. The second-order valence-electron chi connectivity index (χ2n) is 4.80. The molecule has 0 bridgehead atoms. The number of hydrogen-bond acceptors (Lipinski definition) is 2. The predicted octanol–water partition coefficient (Wildman–Crippen LogP) is 4.08. The van der Waals surface area contributed by atoms with Crippen LogP contribution >= 0.6 is 27.3 Å². The Morgan fingerprint density at radius 1 is 1.50 bits per heavy atom. The van der Waals surface area contributed by atoms with Gasteiger partial charge in [0.05, 0.1) is 0 Å². The lowest BCUT2D eigenvalue weighted by molar-refractivity contribution is 0.330. The molecule has 0 amide bonds. The number of nitrogens with one attached hydrogen (secondary N) is 1. The predicted molar refractivity (Wildman–Crippen MR) is 75.1 cm³/mol. The zero-order valence-corrected chi connectivity index (χ0v) is 12.2. The molecular weight excluding hydrogens is 282 g/mol. The van der Waals surface area contributed by atoms with E-state index >= 15 is 0 Å². The lowest BCUT2D eigenvalue weighted by Gasteiger charge is -2.22. The highest BCUT2D eigenvalue weighted by molar-refractivity contribution is 9.10. The van der Waals surface area contributed by atoms with Crippen molar-refractivity contribution in [3.8, 4) is 0 Å². The summed E-state index contributed by atoms with van der Waals surface area (Å²) in [6.45, 7) is 1.17. The highest BCUT2D eigenvalue weighted by atomic mass is 79.9. The minimum Gasteiger partial charge on any atom is -0.319 e. The fourth-order valence-electron chi connectivity index (χ4n) is 2.82. The van der Waals surface area contributed by atoms with Crippen LogP contribution in [-0.2, 0) is 6.42 Å². The van der Waals surface area contributed by atoms with Crippen molar-refractivity contribution in [1.29, 1.82) is 0 Å². The van der Waals surface area contributed by atoms with Gasteiger partial charge in [0, 0.05) is 14.7 Å². The Morgan fingerprint density at radius 2 is 2.25 bits per heavy atom. The first-order chi connectivity index (χ1) is 7.79. The van der Waals surface area contributed by atoms with Crippen LogP contribution in [0, 0.1) is 11.8 Å². The summed E-state index contributed by atoms with van der Waals surface area (Å²) in [5.41, 5.74) is 0. The van der Waals surface area contributed by atoms with Gasteiger partial charge in [-0.1, -0.05) is 25.7 Å². The van der Waals surface area contributed by atoms with Crippen LogP contribution in [0.15, 0.2) is 15.9 Å². The highest BCUT2D eigenvalue weighted by Gasteiger charge is 2.24. The smallest absolute Gasteiger partial charge is 0.0285 e. The SMILES string of the molecule is CNCC(Cc1cc(Br)cs1)C1CCCC1. The lowest BCUT2D eigenvalue weighted by Crippen LogP contribution is -2.26. The molecule has 1 heterocycles. The summed E-state index contributed by atoms with van der Waals surface area (Å²) in [6, 6.07) is 2.28. The van der Waals surface area contributed by atoms with Crippen molar-refractivity contribution in [1.82, 2.24) is 5.32 Å². The van der Waals surface area contributed by atoms with Gasteiger partial charge >= 0.3 is 0 Å². The minimum absolute atomic E-state index is 0.832. The van der Waals surface area contributed by atoms with Crippen molar-refractivity contribution in [2.24, 2.45) is 11.8 Å². The average Bonchev–Trinajstić information content (AvgIpc) is 2.88. The molecule has 0 aliphatic heterocycles. The summed E-state index contributed by atoms with van der Waals surface area (Å²) < 4.78 is 1.24. The molecule has 0 aromatic carbocycles. The van der Waals surface area contributed by atoms with Crippen LogP contribution in [0.1, 0.15) is 30.6 Å². The molecule has 1 N–H and O–H groups in total. The molecular formula is C13H20BrNS. The lowest BCUT2D eigenvalue weighted by atomic mass is 9.87. The molecule has 0 spiro atoms. The second kappa shape index (κ2) is 6.18. The highest BCUT2D eigenvalue weighted by Crippen LogP contribution is 2.34. The molecule has 1 saturated carbocycles. The zero-order chi connectivity index (χ0) is 11.4. The van der Waals surface area contributed by atoms with Gasteiger partial charge < -0.3 is 5.32 Å². The van der Waals surface area contributed by atoms with Gasteiger partial charge in [-0.05, 0) is 53.8 Å². The summed E-state index contributed by atoms with van der Waals surface area (Å²) in [7, 11) is 2.08. The van der Waals surface area contributed by atoms with Gasteiger partial charge in [-0.2, -0.15) is 0 Å². The van der Waals surface area contributed by atoms with E-state index in [0.717, 1.165) is 11.8 Å². The van der Waals surface area contributed by atoms with Gasteiger partial charge in [0.15, 0.2) is 0 Å². The van der Waals surface area contributed by atoms with E-state index in [0.29, 0.717) is 0 Å². The molecule has 1 aliphatic rings. The summed E-state index contributed by atoms with van der Waals surface area (Å²) in [6.07, 6.45) is 7.03. The molecule has 16 heavy (non-hydrogen) atoms. The molecule has 1 fully saturated rings. The third kappa shape index (κ3) is 3.31. The van der Waals surface area contributed by atoms with Crippen LogP contribution in [0.5, 0.6) is 0 Å². The molecule has 1 aliphatic carbocycles. The molecule has 1 unspecified atom stereocenters. The molecule has 0 radical (unpaired) electrons. The van der Waals surface area contributed by atoms with E-state index in [-0.39, 0.29) is 0 Å². The summed E-state index contributed by atoms with van der Waals surface area (Å²) in [5, 5.41) is 5.56. The fraction of sp³-hybridized carbons (Fsp3) is 0.692. The van der Waals surface area contributed by atoms with Gasteiger partial charge in [0.2, 0.25) is 0 Å². The molecule has 1 aromatic rings. The quantitative estimate of drug-likeness (QED) is 0.864. The van der Waals surface area contributed by atoms with Crippen molar-refractivity contribution < 1.29 is 0 Å². The largest absolute Gasteiger partial charge is 0.319 e. The Morgan fingerprint density at radius 3 is 2.81 bits per heavy atom. The van der Waals surface area contributed by atoms with E-state index < -0.39 is 0 Å². The Hall–Kier alpha value is 0.140. The minimum atomic E-state index is 0.832. The number of rotatable bonds is 5. The van der Waals surface area contributed by atoms with Crippen molar-refractivity contribution >= 4 is 27.3 Å². The van der Waals surface area contributed by atoms with Gasteiger partial charge in [0.1, 0.15) is 0 Å². The zero-order valence-electron chi connectivity index (χ0n) is 9.84. The third-order valence-electron chi connectivity index (χ3n) is 3.62. The van der Waals surface area contributed by atoms with Crippen LogP contribution in [0.25, 0.3) is 0 Å². The van der Waals surface area contributed by atoms with E-state index in [1.807, 2.05) is 11.3 Å². The van der Waals surface area contributed by atoms with Crippen LogP contribution in [0.4, 0.5) is 0 Å². The summed E-state index contributed by atoms with van der Waals surface area (Å²) >= 11 is 5.43. The van der Waals surface area contributed by atoms with Crippen LogP contribution in [0.3, 0.4) is 0 Å². The number of halogens is 1. The van der Waals surface area contributed by atoms with E-state index in [1.165, 1.54) is 48.0 Å². The molecule has 2 rings (SSSR count). The van der Waals surface area contributed by atoms with E-state index in [2.05, 4.69) is 39.7 Å². The first kappa shape index (κ1) is 12.6. The van der Waals surface area contributed by atoms with Gasteiger partial charge in [-0.3, -0.25) is 0 Å². The van der Waals surface area contributed by atoms with Gasteiger partial charge in [-0.15, -0.1) is 11.3 Å². The molecule has 1 nitrogen and oxygen atoms in total. The topological polar surface area (TPSA) is 12.0 Å². The first-order valence-electron chi connectivity index (χ1n) is 6.17. The summed E-state index contributed by atoms with van der Waals surface area (Å²) in [4.78, 5) is 1.53. The van der Waals surface area contributed by atoms with Gasteiger partial charge in [0.25, 0.3) is 0 Å². The number of hydrogen-bond donors (Lipinski definition) is 1. The van der Waals surface area contributed by atoms with Crippen molar-refractivity contribution in [3.05, 3.63) is 20.8 Å². The maximum Gasteiger partial charge on any atom is 0.0285 e. The van der Waals surface area contributed by atoms with E-state index in [1.54, 1.807) is 0 Å². The Kier molecular flexibility index (Phi) is 4.86. The third-order valence-corrected chi connectivity index (χ3v) is 5.34. The fourth-order valence-corrected chi connectivity index (χ4v) is 4.36. The molecule has 90 valence electrons.